The Bertz CT molecular complexity index is 1180. The first-order valence-corrected chi connectivity index (χ1v) is 8.73. The minimum Gasteiger partial charge on any atom is -0.459 e. The van der Waals surface area contributed by atoms with Crippen LogP contribution in [0, 0.1) is 10.1 Å². The molecular formula is C21H14N2O6. The molecule has 0 saturated carbocycles. The molecule has 4 rings (SSSR count). The van der Waals surface area contributed by atoms with Crippen LogP contribution in [0.2, 0.25) is 0 Å². The number of hydrogen-bond acceptors (Lipinski definition) is 6. The topological polar surface area (TPSA) is 107 Å². The van der Waals surface area contributed by atoms with E-state index in [9.17, 15) is 24.5 Å². The van der Waals surface area contributed by atoms with E-state index < -0.39 is 34.9 Å². The van der Waals surface area contributed by atoms with Crippen LogP contribution in [0.1, 0.15) is 26.3 Å². The lowest BCUT2D eigenvalue weighted by Gasteiger charge is -2.13. The zero-order valence-electron chi connectivity index (χ0n) is 15.0. The molecule has 144 valence electrons. The van der Waals surface area contributed by atoms with Gasteiger partial charge in [0.15, 0.2) is 0 Å². The highest BCUT2D eigenvalue weighted by atomic mass is 16.6. The molecule has 0 fully saturated rings. The molecule has 0 atom stereocenters. The van der Waals surface area contributed by atoms with Crippen molar-refractivity contribution < 1.29 is 24.0 Å². The van der Waals surface area contributed by atoms with Crippen molar-refractivity contribution in [2.45, 2.75) is 6.61 Å². The summed E-state index contributed by atoms with van der Waals surface area (Å²) in [5.41, 5.74) is -0.0719. The highest BCUT2D eigenvalue weighted by molar-refractivity contribution is 6.24. The molecule has 3 aromatic carbocycles. The summed E-state index contributed by atoms with van der Waals surface area (Å²) in [7, 11) is 0. The smallest absolute Gasteiger partial charge is 0.326 e. The van der Waals surface area contributed by atoms with Crippen LogP contribution < -0.4 is 0 Å². The minimum atomic E-state index is -0.876. The predicted molar refractivity (Wildman–Crippen MR) is 102 cm³/mol. The zero-order valence-corrected chi connectivity index (χ0v) is 15.0. The molecule has 0 unspecified atom stereocenters. The minimum absolute atomic E-state index is 0.0243. The summed E-state index contributed by atoms with van der Waals surface area (Å²) in [5.74, 6) is -2.41. The number of nitrogens with zero attached hydrogens (tertiary/aromatic N) is 2. The number of fused-ring (bicyclic) bond motifs is 2. The van der Waals surface area contributed by atoms with Crippen molar-refractivity contribution in [2.75, 3.05) is 6.54 Å². The number of hydrogen-bond donors (Lipinski definition) is 0. The van der Waals surface area contributed by atoms with Crippen molar-refractivity contribution in [3.8, 4) is 0 Å². The van der Waals surface area contributed by atoms with Gasteiger partial charge in [0.2, 0.25) is 0 Å². The van der Waals surface area contributed by atoms with E-state index in [2.05, 4.69) is 0 Å². The summed E-state index contributed by atoms with van der Waals surface area (Å²) in [6, 6.07) is 17.0. The van der Waals surface area contributed by atoms with Crippen molar-refractivity contribution in [1.29, 1.82) is 0 Å². The maximum Gasteiger partial charge on any atom is 0.326 e. The number of nitro groups is 1. The van der Waals surface area contributed by atoms with E-state index in [1.54, 1.807) is 0 Å². The van der Waals surface area contributed by atoms with E-state index in [-0.39, 0.29) is 17.7 Å². The zero-order chi connectivity index (χ0) is 20.5. The van der Waals surface area contributed by atoms with Gasteiger partial charge in [0.25, 0.3) is 17.5 Å². The van der Waals surface area contributed by atoms with Crippen LogP contribution in [0.15, 0.2) is 60.7 Å². The Kier molecular flexibility index (Phi) is 4.52. The number of nitro benzene ring substituents is 1. The average molecular weight is 390 g/mol. The van der Waals surface area contributed by atoms with E-state index in [1.165, 1.54) is 12.1 Å². The summed E-state index contributed by atoms with van der Waals surface area (Å²) in [6.07, 6.45) is 0. The molecule has 0 aromatic heterocycles. The molecule has 2 amide bonds. The van der Waals surface area contributed by atoms with Crippen LogP contribution in [-0.2, 0) is 16.1 Å². The second-order valence-electron chi connectivity index (χ2n) is 6.45. The number of rotatable bonds is 5. The summed E-state index contributed by atoms with van der Waals surface area (Å²) >= 11 is 0. The molecule has 1 heterocycles. The van der Waals surface area contributed by atoms with Crippen molar-refractivity contribution in [3.05, 3.63) is 87.5 Å². The first-order chi connectivity index (χ1) is 14.0. The molecule has 29 heavy (non-hydrogen) atoms. The molecule has 8 heteroatoms. The number of benzene rings is 3. The van der Waals surface area contributed by atoms with Gasteiger partial charge in [0.05, 0.1) is 10.5 Å². The van der Waals surface area contributed by atoms with Crippen molar-refractivity contribution in [2.24, 2.45) is 0 Å². The second kappa shape index (κ2) is 7.16. The molecule has 8 nitrogen and oxygen atoms in total. The largest absolute Gasteiger partial charge is 0.459 e. The fourth-order valence-electron chi connectivity index (χ4n) is 3.36. The van der Waals surface area contributed by atoms with Gasteiger partial charge in [-0.3, -0.25) is 29.4 Å². The number of imide groups is 1. The van der Waals surface area contributed by atoms with Crippen LogP contribution in [-0.4, -0.2) is 34.2 Å². The summed E-state index contributed by atoms with van der Waals surface area (Å²) in [5, 5.41) is 13.1. The van der Waals surface area contributed by atoms with Crippen LogP contribution in [0.25, 0.3) is 10.8 Å². The van der Waals surface area contributed by atoms with Gasteiger partial charge < -0.3 is 4.74 Å². The third kappa shape index (κ3) is 3.20. The van der Waals surface area contributed by atoms with E-state index in [0.29, 0.717) is 4.90 Å². The van der Waals surface area contributed by atoms with E-state index >= 15 is 0 Å². The Morgan fingerprint density at radius 3 is 2.48 bits per heavy atom. The van der Waals surface area contributed by atoms with Gasteiger partial charge in [0.1, 0.15) is 18.7 Å². The maximum atomic E-state index is 12.5. The van der Waals surface area contributed by atoms with Gasteiger partial charge in [-0.15, -0.1) is 0 Å². The van der Waals surface area contributed by atoms with Gasteiger partial charge >= 0.3 is 5.97 Å². The van der Waals surface area contributed by atoms with Gasteiger partial charge in [-0.05, 0) is 22.4 Å². The molecule has 0 spiro atoms. The Labute approximate surface area is 164 Å². The number of esters is 1. The average Bonchev–Trinajstić information content (AvgIpc) is 2.97. The Balaban J connectivity index is 1.49. The van der Waals surface area contributed by atoms with Gasteiger partial charge in [-0.2, -0.15) is 0 Å². The normalized spacial score (nSPS) is 12.9. The van der Waals surface area contributed by atoms with Crippen LogP contribution in [0.4, 0.5) is 5.69 Å². The fraction of sp³-hybridized carbons (Fsp3) is 0.0952. The number of amides is 2. The molecule has 1 aliphatic heterocycles. The van der Waals surface area contributed by atoms with Gasteiger partial charge in [-0.1, -0.05) is 48.5 Å². The van der Waals surface area contributed by atoms with Crippen molar-refractivity contribution in [1.82, 2.24) is 4.90 Å². The summed E-state index contributed by atoms with van der Waals surface area (Å²) in [6.45, 7) is -0.641. The first kappa shape index (κ1) is 18.3. The van der Waals surface area contributed by atoms with Crippen LogP contribution >= 0.6 is 0 Å². The summed E-state index contributed by atoms with van der Waals surface area (Å²) < 4.78 is 5.25. The Morgan fingerprint density at radius 1 is 0.966 bits per heavy atom. The third-order valence-electron chi connectivity index (χ3n) is 4.73. The molecule has 0 bridgehead atoms. The number of ether oxygens (including phenoxy) is 1. The lowest BCUT2D eigenvalue weighted by Crippen LogP contribution is -2.35. The molecule has 0 aliphatic carbocycles. The van der Waals surface area contributed by atoms with Crippen LogP contribution in [0.3, 0.4) is 0 Å². The van der Waals surface area contributed by atoms with Gasteiger partial charge in [-0.25, -0.2) is 0 Å². The lowest BCUT2D eigenvalue weighted by atomic mass is 10.1. The fourth-order valence-corrected chi connectivity index (χ4v) is 3.36. The number of carbonyl (C=O) groups excluding carboxylic acids is 3. The standard InChI is InChI=1S/C21H14N2O6/c24-18(29-12-14-7-3-6-13-5-1-2-8-15(13)14)11-22-20(25)16-9-4-10-17(23(27)28)19(16)21(22)26/h1-10H,11-12H2. The van der Waals surface area contributed by atoms with E-state index in [4.69, 9.17) is 4.74 Å². The second-order valence-corrected chi connectivity index (χ2v) is 6.45. The molecule has 1 aliphatic rings. The Hall–Kier alpha value is -4.07. The molecular weight excluding hydrogens is 376 g/mol. The molecule has 0 N–H and O–H groups in total. The SMILES string of the molecule is O=C(CN1C(=O)c2cccc([N+](=O)[O-])c2C1=O)OCc1cccc2ccccc12. The lowest BCUT2D eigenvalue weighted by molar-refractivity contribution is -0.385. The van der Waals surface area contributed by atoms with Crippen molar-refractivity contribution >= 4 is 34.2 Å². The molecule has 0 radical (unpaired) electrons. The molecule has 0 saturated heterocycles. The number of carbonyl (C=O) groups is 3. The quantitative estimate of drug-likeness (QED) is 0.287. The van der Waals surface area contributed by atoms with Gasteiger partial charge in [0, 0.05) is 6.07 Å². The highest BCUT2D eigenvalue weighted by Crippen LogP contribution is 2.30. The predicted octanol–water partition coefficient (Wildman–Crippen LogP) is 3.09. The summed E-state index contributed by atoms with van der Waals surface area (Å²) in [4.78, 5) is 48.3. The highest BCUT2D eigenvalue weighted by Gasteiger charge is 2.41. The van der Waals surface area contributed by atoms with E-state index in [0.717, 1.165) is 22.4 Å². The maximum absolute atomic E-state index is 12.5. The third-order valence-corrected chi connectivity index (χ3v) is 4.73. The Morgan fingerprint density at radius 2 is 1.69 bits per heavy atom. The van der Waals surface area contributed by atoms with Crippen LogP contribution in [0.5, 0.6) is 0 Å². The first-order valence-electron chi connectivity index (χ1n) is 8.73. The monoisotopic (exact) mass is 390 g/mol. The van der Waals surface area contributed by atoms with Crippen molar-refractivity contribution in [3.63, 3.8) is 0 Å². The van der Waals surface area contributed by atoms with E-state index in [1.807, 2.05) is 42.5 Å². The molecule has 3 aromatic rings.